The van der Waals surface area contributed by atoms with E-state index in [0.29, 0.717) is 5.56 Å². The summed E-state index contributed by atoms with van der Waals surface area (Å²) in [6.07, 6.45) is -0.102. The van der Waals surface area contributed by atoms with Crippen molar-refractivity contribution in [2.75, 3.05) is 0 Å². The molecule has 0 N–H and O–H groups in total. The van der Waals surface area contributed by atoms with Gasteiger partial charge in [-0.15, -0.1) is 0 Å². The Balaban J connectivity index is 2.88. The average molecular weight is 221 g/mol. The molecule has 0 saturated carbocycles. The molecule has 16 heavy (non-hydrogen) atoms. The smallest absolute Gasteiger partial charge is 0.166 e. The largest absolute Gasteiger partial charge is 0.487 e. The molecule has 86 valence electrons. The lowest BCUT2D eigenvalue weighted by atomic mass is 9.90. The van der Waals surface area contributed by atoms with Crippen LogP contribution in [0.2, 0.25) is 0 Å². The molecule has 1 rings (SSSR count). The van der Waals surface area contributed by atoms with E-state index in [9.17, 15) is 4.39 Å². The van der Waals surface area contributed by atoms with E-state index in [1.165, 1.54) is 12.1 Å². The van der Waals surface area contributed by atoms with Crippen molar-refractivity contribution in [1.29, 1.82) is 5.26 Å². The van der Waals surface area contributed by atoms with Crippen LogP contribution in [0.3, 0.4) is 0 Å². The summed E-state index contributed by atoms with van der Waals surface area (Å²) in [6, 6.07) is 6.11. The highest BCUT2D eigenvalue weighted by Gasteiger charge is 2.22. The molecule has 0 aromatic heterocycles. The van der Waals surface area contributed by atoms with Gasteiger partial charge in [0, 0.05) is 0 Å². The lowest BCUT2D eigenvalue weighted by molar-refractivity contribution is 0.0990. The van der Waals surface area contributed by atoms with Crippen LogP contribution in [0.1, 0.15) is 33.3 Å². The Bertz CT molecular complexity index is 415. The fourth-order valence-corrected chi connectivity index (χ4v) is 1.03. The molecule has 1 aromatic carbocycles. The molecule has 1 unspecified atom stereocenters. The number of benzene rings is 1. The lowest BCUT2D eigenvalue weighted by Gasteiger charge is -2.28. The lowest BCUT2D eigenvalue weighted by Crippen LogP contribution is -2.29. The summed E-state index contributed by atoms with van der Waals surface area (Å²) in [7, 11) is 0. The Kier molecular flexibility index (Phi) is 3.54. The normalized spacial score (nSPS) is 13.0. The van der Waals surface area contributed by atoms with Crippen molar-refractivity contribution >= 4 is 0 Å². The van der Waals surface area contributed by atoms with Crippen molar-refractivity contribution in [3.05, 3.63) is 29.6 Å². The van der Waals surface area contributed by atoms with E-state index in [4.69, 9.17) is 10.00 Å². The highest BCUT2D eigenvalue weighted by molar-refractivity contribution is 5.36. The second-order valence-electron chi connectivity index (χ2n) is 4.88. The van der Waals surface area contributed by atoms with Gasteiger partial charge in [0.1, 0.15) is 6.10 Å². The average Bonchev–Trinajstić information content (AvgIpc) is 2.19. The van der Waals surface area contributed by atoms with Gasteiger partial charge < -0.3 is 4.74 Å². The number of nitriles is 1. The standard InChI is InChI=1S/C13H16FNO/c1-9(13(2,3)4)16-12-6-5-10(8-15)7-11(12)14/h5-7,9H,1-4H3. The first kappa shape index (κ1) is 12.5. The molecule has 0 fully saturated rings. The molecule has 1 aromatic rings. The zero-order chi connectivity index (χ0) is 12.3. The Morgan fingerprint density at radius 3 is 2.44 bits per heavy atom. The first-order chi connectivity index (χ1) is 7.34. The van der Waals surface area contributed by atoms with Crippen LogP contribution in [0, 0.1) is 22.6 Å². The summed E-state index contributed by atoms with van der Waals surface area (Å²) in [6.45, 7) is 7.98. The Morgan fingerprint density at radius 1 is 1.38 bits per heavy atom. The number of halogens is 1. The molecule has 0 aliphatic carbocycles. The molecule has 0 aliphatic rings. The van der Waals surface area contributed by atoms with Crippen LogP contribution in [0.4, 0.5) is 4.39 Å². The molecule has 0 heterocycles. The Hall–Kier alpha value is -1.56. The van der Waals surface area contributed by atoms with Gasteiger partial charge in [0.05, 0.1) is 11.6 Å². The maximum Gasteiger partial charge on any atom is 0.166 e. The van der Waals surface area contributed by atoms with Crippen molar-refractivity contribution in [3.8, 4) is 11.8 Å². The van der Waals surface area contributed by atoms with E-state index < -0.39 is 5.82 Å². The third kappa shape index (κ3) is 2.96. The third-order valence-corrected chi connectivity index (χ3v) is 2.58. The Labute approximate surface area is 95.7 Å². The molecule has 3 heteroatoms. The van der Waals surface area contributed by atoms with Gasteiger partial charge >= 0.3 is 0 Å². The first-order valence-corrected chi connectivity index (χ1v) is 5.21. The SMILES string of the molecule is CC(Oc1ccc(C#N)cc1F)C(C)(C)C. The van der Waals surface area contributed by atoms with Crippen molar-refractivity contribution < 1.29 is 9.13 Å². The van der Waals surface area contributed by atoms with Gasteiger partial charge in [0.15, 0.2) is 11.6 Å². The predicted octanol–water partition coefficient (Wildman–Crippen LogP) is 3.51. The van der Waals surface area contributed by atoms with Gasteiger partial charge in [0.2, 0.25) is 0 Å². The summed E-state index contributed by atoms with van der Waals surface area (Å²) >= 11 is 0. The van der Waals surface area contributed by atoms with Crippen molar-refractivity contribution in [1.82, 2.24) is 0 Å². The zero-order valence-electron chi connectivity index (χ0n) is 10.0. The molecule has 0 aliphatic heterocycles. The molecular formula is C13H16FNO. The van der Waals surface area contributed by atoms with Crippen molar-refractivity contribution in [3.63, 3.8) is 0 Å². The summed E-state index contributed by atoms with van der Waals surface area (Å²) in [5, 5.41) is 8.61. The van der Waals surface area contributed by atoms with Crippen molar-refractivity contribution in [2.24, 2.45) is 5.41 Å². The van der Waals surface area contributed by atoms with Crippen LogP contribution in [-0.2, 0) is 0 Å². The van der Waals surface area contributed by atoms with E-state index >= 15 is 0 Å². The minimum atomic E-state index is -0.491. The summed E-state index contributed by atoms with van der Waals surface area (Å²) in [5.74, 6) is -0.295. The van der Waals surface area contributed by atoms with Gasteiger partial charge in [-0.2, -0.15) is 5.26 Å². The van der Waals surface area contributed by atoms with Crippen molar-refractivity contribution in [2.45, 2.75) is 33.8 Å². The molecule has 0 radical (unpaired) electrons. The molecule has 2 nitrogen and oxygen atoms in total. The summed E-state index contributed by atoms with van der Waals surface area (Å²) in [4.78, 5) is 0. The molecule has 0 bridgehead atoms. The third-order valence-electron chi connectivity index (χ3n) is 2.58. The van der Waals surface area contributed by atoms with Crippen LogP contribution < -0.4 is 4.74 Å². The maximum atomic E-state index is 13.5. The van der Waals surface area contributed by atoms with E-state index in [1.54, 1.807) is 6.07 Å². The minimum Gasteiger partial charge on any atom is -0.487 e. The monoisotopic (exact) mass is 221 g/mol. The van der Waals surface area contributed by atoms with E-state index in [1.807, 2.05) is 33.8 Å². The summed E-state index contributed by atoms with van der Waals surface area (Å²) < 4.78 is 19.0. The maximum absolute atomic E-state index is 13.5. The number of ether oxygens (including phenoxy) is 1. The first-order valence-electron chi connectivity index (χ1n) is 5.21. The van der Waals surface area contributed by atoms with Gasteiger partial charge in [-0.05, 0) is 30.5 Å². The number of rotatable bonds is 2. The van der Waals surface area contributed by atoms with Gasteiger partial charge in [-0.25, -0.2) is 4.39 Å². The summed E-state index contributed by atoms with van der Waals surface area (Å²) in [5.41, 5.74) is 0.244. The van der Waals surface area contributed by atoms with Gasteiger partial charge in [-0.1, -0.05) is 20.8 Å². The fraction of sp³-hybridized carbons (Fsp3) is 0.462. The van der Waals surface area contributed by atoms with Gasteiger partial charge in [0.25, 0.3) is 0 Å². The number of hydrogen-bond acceptors (Lipinski definition) is 2. The number of hydrogen-bond donors (Lipinski definition) is 0. The molecule has 0 spiro atoms. The van der Waals surface area contributed by atoms with E-state index in [-0.39, 0.29) is 17.3 Å². The van der Waals surface area contributed by atoms with E-state index in [2.05, 4.69) is 0 Å². The number of nitrogens with zero attached hydrogens (tertiary/aromatic N) is 1. The topological polar surface area (TPSA) is 33.0 Å². The minimum absolute atomic E-state index is 0.0552. The Morgan fingerprint density at radius 2 is 2.00 bits per heavy atom. The predicted molar refractivity (Wildman–Crippen MR) is 60.7 cm³/mol. The van der Waals surface area contributed by atoms with Crippen LogP contribution in [-0.4, -0.2) is 6.10 Å². The quantitative estimate of drug-likeness (QED) is 0.765. The highest BCUT2D eigenvalue weighted by Crippen LogP contribution is 2.26. The van der Waals surface area contributed by atoms with Crippen LogP contribution in [0.15, 0.2) is 18.2 Å². The fourth-order valence-electron chi connectivity index (χ4n) is 1.03. The van der Waals surface area contributed by atoms with Crippen LogP contribution in [0.5, 0.6) is 5.75 Å². The molecule has 0 amide bonds. The molecule has 0 saturated heterocycles. The van der Waals surface area contributed by atoms with Crippen LogP contribution >= 0.6 is 0 Å². The second kappa shape index (κ2) is 4.52. The van der Waals surface area contributed by atoms with Crippen LogP contribution in [0.25, 0.3) is 0 Å². The molecule has 1 atom stereocenters. The second-order valence-corrected chi connectivity index (χ2v) is 4.88. The van der Waals surface area contributed by atoms with Gasteiger partial charge in [-0.3, -0.25) is 0 Å². The highest BCUT2D eigenvalue weighted by atomic mass is 19.1. The molecular weight excluding hydrogens is 205 g/mol. The van der Waals surface area contributed by atoms with E-state index in [0.717, 1.165) is 0 Å². The zero-order valence-corrected chi connectivity index (χ0v) is 10.0.